The summed E-state index contributed by atoms with van der Waals surface area (Å²) in [6.45, 7) is -1.46. The number of hydrogen-bond donors (Lipinski definition) is 10. The monoisotopic (exact) mass is 672 g/mol. The maximum absolute atomic E-state index is 10.2. The van der Waals surface area contributed by atoms with Crippen molar-refractivity contribution >= 4 is 23.9 Å². The summed E-state index contributed by atoms with van der Waals surface area (Å²) >= 11 is 0. The summed E-state index contributed by atoms with van der Waals surface area (Å²) in [5.41, 5.74) is 1.32. The van der Waals surface area contributed by atoms with Gasteiger partial charge in [0.1, 0.15) is 12.2 Å². The summed E-state index contributed by atoms with van der Waals surface area (Å²) < 4.78 is 0. The van der Waals surface area contributed by atoms with Crippen LogP contribution < -0.4 is 0 Å². The first-order valence-corrected chi connectivity index (χ1v) is 13.8. The molecule has 0 radical (unpaired) electrons. The number of aliphatic hydroxyl groups excluding tert-OH is 6. The van der Waals surface area contributed by atoms with Crippen molar-refractivity contribution in [1.82, 2.24) is 0 Å². The molecule has 4 aromatic rings. The quantitative estimate of drug-likeness (QED) is 0.129. The van der Waals surface area contributed by atoms with Gasteiger partial charge in [0.2, 0.25) is 0 Å². The van der Waals surface area contributed by atoms with E-state index in [4.69, 9.17) is 51.1 Å². The molecule has 260 valence electrons. The fraction of sp³-hybridized carbons (Fsp3) is 0.176. The van der Waals surface area contributed by atoms with Crippen LogP contribution in [-0.4, -0.2) is 114 Å². The zero-order chi connectivity index (χ0) is 36.7. The fourth-order valence-corrected chi connectivity index (χ4v) is 2.44. The van der Waals surface area contributed by atoms with Gasteiger partial charge < -0.3 is 51.1 Å². The molecule has 48 heavy (non-hydrogen) atoms. The van der Waals surface area contributed by atoms with Crippen molar-refractivity contribution in [2.45, 2.75) is 12.2 Å². The Balaban J connectivity index is 0. The Bertz CT molecular complexity index is 1170. The van der Waals surface area contributed by atoms with Crippen molar-refractivity contribution in [1.29, 1.82) is 0 Å². The van der Waals surface area contributed by atoms with Crippen LogP contribution in [0.5, 0.6) is 0 Å². The van der Waals surface area contributed by atoms with E-state index in [1.165, 1.54) is 0 Å². The molecule has 0 unspecified atom stereocenters. The molecule has 4 rings (SSSR count). The lowest BCUT2D eigenvalue weighted by Crippen LogP contribution is -2.15. The Morgan fingerprint density at radius 2 is 0.500 bits per heavy atom. The molecule has 0 aromatic heterocycles. The van der Waals surface area contributed by atoms with Gasteiger partial charge in [0.05, 0.1) is 48.7 Å². The molecule has 0 aliphatic carbocycles. The summed E-state index contributed by atoms with van der Waals surface area (Å²) in [5.74, 6) is -3.52. The highest BCUT2D eigenvalue weighted by Gasteiger charge is 1.99. The summed E-state index contributed by atoms with van der Waals surface area (Å²) in [4.78, 5) is 40.8. The highest BCUT2D eigenvalue weighted by atomic mass is 16.4. The van der Waals surface area contributed by atoms with Gasteiger partial charge in [0.25, 0.3) is 0 Å². The first-order chi connectivity index (χ1) is 22.8. The average Bonchev–Trinajstić information content (AvgIpc) is 3.13. The third-order valence-corrected chi connectivity index (χ3v) is 4.93. The van der Waals surface area contributed by atoms with Crippen molar-refractivity contribution in [3.63, 3.8) is 0 Å². The molecular weight excluding hydrogens is 632 g/mol. The Labute approximate surface area is 276 Å². The van der Waals surface area contributed by atoms with Crippen LogP contribution in [0, 0.1) is 0 Å². The Morgan fingerprint density at radius 1 is 0.354 bits per heavy atom. The molecule has 0 saturated heterocycles. The molecule has 0 spiro atoms. The van der Waals surface area contributed by atoms with Gasteiger partial charge in [0, 0.05) is 0 Å². The lowest BCUT2D eigenvalue weighted by molar-refractivity contribution is 0.0450. The number of carbonyl (C=O) groups is 4. The number of aromatic carboxylic acids is 4. The zero-order valence-corrected chi connectivity index (χ0v) is 25.6. The molecule has 0 fully saturated rings. The molecule has 14 heteroatoms. The topological polar surface area (TPSA) is 271 Å². The van der Waals surface area contributed by atoms with E-state index in [0.29, 0.717) is 22.3 Å². The number of rotatable bonds is 8. The standard InChI is InChI=1S/4C7H6O2.2C3H8O3/c4*8-7(9)6-4-2-1-3-5-6;2*4-1-3(6)2-5/h4*1-5H,(H,8,9);2*3-6H,1-2H2. The summed E-state index contributed by atoms with van der Waals surface area (Å²) in [7, 11) is 0. The van der Waals surface area contributed by atoms with Gasteiger partial charge in [-0.25, -0.2) is 19.2 Å². The summed E-state index contributed by atoms with van der Waals surface area (Å²) in [5, 5.41) is 81.6. The smallest absolute Gasteiger partial charge is 0.335 e. The van der Waals surface area contributed by atoms with E-state index < -0.39 is 36.1 Å². The normalized spacial score (nSPS) is 9.17. The van der Waals surface area contributed by atoms with Crippen LogP contribution in [0.1, 0.15) is 41.4 Å². The minimum atomic E-state index is -0.954. The van der Waals surface area contributed by atoms with Crippen molar-refractivity contribution in [3.8, 4) is 0 Å². The van der Waals surface area contributed by atoms with E-state index in [1.54, 1.807) is 121 Å². The van der Waals surface area contributed by atoms with E-state index in [2.05, 4.69) is 0 Å². The first-order valence-electron chi connectivity index (χ1n) is 13.8. The highest BCUT2D eigenvalue weighted by Crippen LogP contribution is 1.98. The maximum Gasteiger partial charge on any atom is 0.335 e. The molecule has 14 nitrogen and oxygen atoms in total. The van der Waals surface area contributed by atoms with Crippen LogP contribution in [0.2, 0.25) is 0 Å². The van der Waals surface area contributed by atoms with Crippen molar-refractivity contribution < 1.29 is 70.2 Å². The molecule has 0 heterocycles. The SMILES string of the molecule is O=C(O)c1ccccc1.O=C(O)c1ccccc1.O=C(O)c1ccccc1.O=C(O)c1ccccc1.OCC(O)CO.OCC(O)CO. The molecule has 0 atom stereocenters. The Kier molecular flexibility index (Phi) is 26.9. The van der Waals surface area contributed by atoms with E-state index in [9.17, 15) is 19.2 Å². The average molecular weight is 673 g/mol. The molecule has 0 aliphatic rings. The van der Waals surface area contributed by atoms with Crippen molar-refractivity contribution in [3.05, 3.63) is 144 Å². The van der Waals surface area contributed by atoms with E-state index in [1.807, 2.05) is 0 Å². The highest BCUT2D eigenvalue weighted by molar-refractivity contribution is 5.88. The minimum Gasteiger partial charge on any atom is -0.478 e. The Hall–Kier alpha value is -5.48. The zero-order valence-electron chi connectivity index (χ0n) is 25.6. The van der Waals surface area contributed by atoms with Gasteiger partial charge in [0.15, 0.2) is 0 Å². The van der Waals surface area contributed by atoms with Crippen LogP contribution >= 0.6 is 0 Å². The summed E-state index contributed by atoms with van der Waals surface area (Å²) in [6.07, 6.45) is -1.91. The predicted molar refractivity (Wildman–Crippen MR) is 174 cm³/mol. The number of carboxylic acid groups (broad SMARTS) is 4. The fourth-order valence-electron chi connectivity index (χ4n) is 2.44. The number of aliphatic hydroxyl groups is 6. The van der Waals surface area contributed by atoms with Crippen LogP contribution in [0.4, 0.5) is 0 Å². The van der Waals surface area contributed by atoms with E-state index in [-0.39, 0.29) is 26.4 Å². The van der Waals surface area contributed by atoms with Crippen molar-refractivity contribution in [2.24, 2.45) is 0 Å². The maximum atomic E-state index is 10.2. The number of hydrogen-bond acceptors (Lipinski definition) is 10. The number of carboxylic acids is 4. The van der Waals surface area contributed by atoms with Crippen molar-refractivity contribution in [2.75, 3.05) is 26.4 Å². The molecule has 0 saturated carbocycles. The second-order valence-corrected chi connectivity index (χ2v) is 8.72. The van der Waals surface area contributed by atoms with Crippen LogP contribution in [-0.2, 0) is 0 Å². The largest absolute Gasteiger partial charge is 0.478 e. The predicted octanol–water partition coefficient (Wildman–Crippen LogP) is 2.20. The van der Waals surface area contributed by atoms with Gasteiger partial charge in [-0.1, -0.05) is 72.8 Å². The first kappa shape index (κ1) is 44.6. The van der Waals surface area contributed by atoms with Gasteiger partial charge in [-0.15, -0.1) is 0 Å². The third kappa shape index (κ3) is 24.8. The second-order valence-electron chi connectivity index (χ2n) is 8.72. The van der Waals surface area contributed by atoms with Gasteiger partial charge in [-0.3, -0.25) is 0 Å². The molecule has 0 amide bonds. The molecule has 4 aromatic carbocycles. The minimum absolute atomic E-state index is 0.331. The molecule has 10 N–H and O–H groups in total. The molecule has 0 bridgehead atoms. The Morgan fingerprint density at radius 3 is 0.562 bits per heavy atom. The third-order valence-electron chi connectivity index (χ3n) is 4.93. The number of benzene rings is 4. The van der Waals surface area contributed by atoms with Gasteiger partial charge in [-0.05, 0) is 48.5 Å². The lowest BCUT2D eigenvalue weighted by Gasteiger charge is -1.96. The van der Waals surface area contributed by atoms with Gasteiger partial charge in [-0.2, -0.15) is 0 Å². The van der Waals surface area contributed by atoms with E-state index >= 15 is 0 Å². The molecular formula is C34H40O14. The van der Waals surface area contributed by atoms with Crippen LogP contribution in [0.15, 0.2) is 121 Å². The summed E-state index contributed by atoms with van der Waals surface area (Å²) in [6, 6.07) is 33.2. The van der Waals surface area contributed by atoms with Crippen LogP contribution in [0.25, 0.3) is 0 Å². The lowest BCUT2D eigenvalue weighted by atomic mass is 10.2. The van der Waals surface area contributed by atoms with Gasteiger partial charge >= 0.3 is 23.9 Å². The second kappa shape index (κ2) is 29.0. The van der Waals surface area contributed by atoms with Crippen LogP contribution in [0.3, 0.4) is 0 Å². The molecule has 0 aliphatic heterocycles. The van der Waals surface area contributed by atoms with E-state index in [0.717, 1.165) is 0 Å².